The Hall–Kier alpha value is -3.09. The fourth-order valence-corrected chi connectivity index (χ4v) is 8.32. The lowest BCUT2D eigenvalue weighted by molar-refractivity contribution is -0.189. The Morgan fingerprint density at radius 1 is 1.14 bits per heavy atom. The van der Waals surface area contributed by atoms with Crippen LogP contribution in [0.15, 0.2) is 12.1 Å². The summed E-state index contributed by atoms with van der Waals surface area (Å²) in [6.07, 6.45) is -1.84. The summed E-state index contributed by atoms with van der Waals surface area (Å²) in [5.74, 6) is -1.84. The number of hydrogen-bond acceptors (Lipinski definition) is 11. The van der Waals surface area contributed by atoms with Gasteiger partial charge in [0.05, 0.1) is 14.2 Å². The maximum atomic E-state index is 13.5. The largest absolute Gasteiger partial charge is 0.465 e. The van der Waals surface area contributed by atoms with Gasteiger partial charge in [0.2, 0.25) is 6.79 Å². The minimum atomic E-state index is -2.47. The van der Waals surface area contributed by atoms with Crippen molar-refractivity contribution >= 4 is 23.7 Å². The predicted molar refractivity (Wildman–Crippen MR) is 117 cm³/mol. The van der Waals surface area contributed by atoms with Gasteiger partial charge < -0.3 is 33.9 Å². The van der Waals surface area contributed by atoms with E-state index in [-0.39, 0.29) is 31.1 Å². The van der Waals surface area contributed by atoms with Gasteiger partial charge in [-0.15, -0.1) is 0 Å². The van der Waals surface area contributed by atoms with Crippen molar-refractivity contribution in [1.82, 2.24) is 4.90 Å². The number of piperidine rings is 1. The number of rotatable bonds is 1. The average molecular weight is 502 g/mol. The normalized spacial score (nSPS) is 41.2. The number of carbonyl (C=O) groups excluding carboxylic acids is 3. The number of amides is 1. The molecule has 0 aromatic heterocycles. The van der Waals surface area contributed by atoms with E-state index < -0.39 is 58.8 Å². The van der Waals surface area contributed by atoms with Gasteiger partial charge in [0.1, 0.15) is 23.3 Å². The number of fused-ring (bicyclic) bond motifs is 4. The van der Waals surface area contributed by atoms with E-state index in [9.17, 15) is 24.6 Å². The number of aliphatic hydroxyl groups excluding tert-OH is 1. The molecule has 4 fully saturated rings. The molecule has 7 atom stereocenters. The third-order valence-corrected chi connectivity index (χ3v) is 9.46. The fourth-order valence-electron chi connectivity index (χ4n) is 8.32. The second-order valence-electron chi connectivity index (χ2n) is 10.4. The molecule has 7 unspecified atom stereocenters. The SMILES string of the molecule is COC(=O)N1c2c(ccc3c2OCO3)C23CCN4CC5OC(=O)C(CCC2C1(O)C(=O)OC)(C5O)C43. The van der Waals surface area contributed by atoms with Gasteiger partial charge >= 0.3 is 18.0 Å². The molecule has 5 heterocycles. The van der Waals surface area contributed by atoms with Gasteiger partial charge in [0.15, 0.2) is 11.5 Å². The standard InChI is InChI=1S/C24H26N2O10/c1-32-20(29)24(31)14-5-6-23-17(27)13(36-19(23)28)9-25-8-7-22(14,18(23)25)11-3-4-12-16(35-10-34-12)15(11)26(24)21(30)33-2/h3-4,13-14,17-18,27,31H,5-10H2,1-2H3. The molecule has 2 bridgehead atoms. The van der Waals surface area contributed by atoms with E-state index in [2.05, 4.69) is 4.90 Å². The first kappa shape index (κ1) is 22.1. The molecular formula is C24H26N2O10. The van der Waals surface area contributed by atoms with Gasteiger partial charge in [0.25, 0.3) is 5.72 Å². The number of methoxy groups -OCH3 is 2. The molecule has 1 aliphatic carbocycles. The zero-order chi connectivity index (χ0) is 25.2. The maximum absolute atomic E-state index is 13.5. The molecule has 1 aromatic rings. The van der Waals surface area contributed by atoms with Crippen LogP contribution in [0.5, 0.6) is 11.5 Å². The van der Waals surface area contributed by atoms with Crippen molar-refractivity contribution in [2.45, 2.75) is 48.7 Å². The number of nitrogens with zero attached hydrogens (tertiary/aromatic N) is 2. The highest BCUT2D eigenvalue weighted by molar-refractivity contribution is 6.02. The maximum Gasteiger partial charge on any atom is 0.417 e. The molecule has 1 saturated carbocycles. The number of aliphatic hydroxyl groups is 2. The summed E-state index contributed by atoms with van der Waals surface area (Å²) in [7, 11) is 2.30. The first-order valence-electron chi connectivity index (χ1n) is 12.0. The third kappa shape index (κ3) is 2.13. The third-order valence-electron chi connectivity index (χ3n) is 9.46. The molecule has 2 N–H and O–H groups in total. The molecule has 36 heavy (non-hydrogen) atoms. The van der Waals surface area contributed by atoms with Crippen molar-refractivity contribution < 1.29 is 48.3 Å². The van der Waals surface area contributed by atoms with Crippen LogP contribution < -0.4 is 14.4 Å². The second-order valence-corrected chi connectivity index (χ2v) is 10.4. The van der Waals surface area contributed by atoms with Crippen LogP contribution in [0.4, 0.5) is 10.5 Å². The van der Waals surface area contributed by atoms with Gasteiger partial charge in [-0.2, -0.15) is 0 Å². The van der Waals surface area contributed by atoms with Gasteiger partial charge in [0, 0.05) is 23.9 Å². The van der Waals surface area contributed by atoms with E-state index in [0.29, 0.717) is 30.8 Å². The van der Waals surface area contributed by atoms with Crippen molar-refractivity contribution in [3.63, 3.8) is 0 Å². The molecule has 5 aliphatic heterocycles. The van der Waals surface area contributed by atoms with Crippen molar-refractivity contribution in [1.29, 1.82) is 0 Å². The summed E-state index contributed by atoms with van der Waals surface area (Å²) in [5.41, 5.74) is -3.96. The van der Waals surface area contributed by atoms with Crippen LogP contribution in [0.2, 0.25) is 0 Å². The number of anilines is 1. The van der Waals surface area contributed by atoms with Gasteiger partial charge in [-0.05, 0) is 37.4 Å². The van der Waals surface area contributed by atoms with E-state index in [4.69, 9.17) is 23.7 Å². The van der Waals surface area contributed by atoms with Crippen LogP contribution in [0.1, 0.15) is 24.8 Å². The van der Waals surface area contributed by atoms with Crippen molar-refractivity contribution in [2.75, 3.05) is 39.0 Å². The van der Waals surface area contributed by atoms with E-state index in [1.807, 2.05) is 0 Å². The highest BCUT2D eigenvalue weighted by atomic mass is 16.7. The van der Waals surface area contributed by atoms with Gasteiger partial charge in [-0.3, -0.25) is 9.69 Å². The van der Waals surface area contributed by atoms with E-state index in [1.165, 1.54) is 0 Å². The van der Waals surface area contributed by atoms with Crippen molar-refractivity contribution in [2.24, 2.45) is 11.3 Å². The second kappa shape index (κ2) is 6.81. The molecule has 12 heteroatoms. The van der Waals surface area contributed by atoms with Crippen LogP contribution in [-0.4, -0.2) is 91.2 Å². The lowest BCUT2D eigenvalue weighted by Gasteiger charge is -2.63. The number of esters is 2. The summed E-state index contributed by atoms with van der Waals surface area (Å²) >= 11 is 0. The Bertz CT molecular complexity index is 1220. The highest BCUT2D eigenvalue weighted by Crippen LogP contribution is 2.70. The summed E-state index contributed by atoms with van der Waals surface area (Å²) < 4.78 is 27.1. The molecule has 2 spiro atoms. The summed E-state index contributed by atoms with van der Waals surface area (Å²) in [6.45, 7) is 0.775. The zero-order valence-corrected chi connectivity index (χ0v) is 19.8. The Balaban J connectivity index is 1.57. The Kier molecular flexibility index (Phi) is 4.19. The van der Waals surface area contributed by atoms with Gasteiger partial charge in [-0.25, -0.2) is 14.5 Å². The fraction of sp³-hybridized carbons (Fsp3) is 0.625. The highest BCUT2D eigenvalue weighted by Gasteiger charge is 2.80. The number of ether oxygens (including phenoxy) is 5. The van der Waals surface area contributed by atoms with Crippen molar-refractivity contribution in [3.05, 3.63) is 17.7 Å². The minimum Gasteiger partial charge on any atom is -0.465 e. The molecule has 0 radical (unpaired) electrons. The quantitative estimate of drug-likeness (QED) is 0.391. The number of hydrogen-bond donors (Lipinski definition) is 2. The topological polar surface area (TPSA) is 144 Å². The molecule has 7 rings (SSSR count). The van der Waals surface area contributed by atoms with Gasteiger partial charge in [-0.1, -0.05) is 6.07 Å². The van der Waals surface area contributed by atoms with Crippen molar-refractivity contribution in [3.8, 4) is 11.5 Å². The molecule has 12 nitrogen and oxygen atoms in total. The Morgan fingerprint density at radius 2 is 1.94 bits per heavy atom. The Labute approximate surface area is 205 Å². The Morgan fingerprint density at radius 3 is 2.69 bits per heavy atom. The van der Waals surface area contributed by atoms with Crippen LogP contribution >= 0.6 is 0 Å². The smallest absolute Gasteiger partial charge is 0.417 e. The first-order chi connectivity index (χ1) is 17.3. The van der Waals surface area contributed by atoms with Crippen LogP contribution in [0.3, 0.4) is 0 Å². The first-order valence-corrected chi connectivity index (χ1v) is 12.0. The molecule has 1 aromatic carbocycles. The summed E-state index contributed by atoms with van der Waals surface area (Å²) in [4.78, 5) is 43.1. The van der Waals surface area contributed by atoms with Crippen LogP contribution in [-0.2, 0) is 29.2 Å². The van der Waals surface area contributed by atoms with E-state index in [0.717, 1.165) is 19.1 Å². The minimum absolute atomic E-state index is 0.111. The average Bonchev–Trinajstić information content (AvgIpc) is 3.54. The zero-order valence-electron chi connectivity index (χ0n) is 19.8. The molecule has 1 amide bonds. The summed E-state index contributed by atoms with van der Waals surface area (Å²) in [5, 5.41) is 23.7. The van der Waals surface area contributed by atoms with E-state index >= 15 is 0 Å². The van der Waals surface area contributed by atoms with E-state index in [1.54, 1.807) is 12.1 Å². The monoisotopic (exact) mass is 502 g/mol. The molecule has 192 valence electrons. The van der Waals surface area contributed by atoms with Crippen LogP contribution in [0.25, 0.3) is 0 Å². The lowest BCUT2D eigenvalue weighted by Crippen LogP contribution is -2.77. The lowest BCUT2D eigenvalue weighted by atomic mass is 9.46. The number of carbonyl (C=O) groups is 3. The summed E-state index contributed by atoms with van der Waals surface area (Å²) in [6, 6.07) is 2.94. The number of benzene rings is 1. The molecular weight excluding hydrogens is 476 g/mol. The molecule has 6 aliphatic rings. The molecule has 3 saturated heterocycles. The predicted octanol–water partition coefficient (Wildman–Crippen LogP) is -0.128. The van der Waals surface area contributed by atoms with Crippen LogP contribution in [0, 0.1) is 11.3 Å².